The van der Waals surface area contributed by atoms with Gasteiger partial charge in [-0.1, -0.05) is 128 Å². The number of hydrogen-bond donors (Lipinski definition) is 0. The highest BCUT2D eigenvalue weighted by atomic mass is 15.1. The lowest BCUT2D eigenvalue weighted by molar-refractivity contribution is -0.704. The van der Waals surface area contributed by atoms with Crippen molar-refractivity contribution in [2.45, 2.75) is 136 Å². The van der Waals surface area contributed by atoms with Gasteiger partial charge in [-0.25, -0.2) is 9.13 Å². The summed E-state index contributed by atoms with van der Waals surface area (Å²) in [6, 6.07) is 10.9. The molecule has 0 aliphatic carbocycles. The summed E-state index contributed by atoms with van der Waals surface area (Å²) < 4.78 is 4.99. The predicted octanol–water partition coefficient (Wildman–Crippen LogP) is 8.65. The molecule has 0 spiro atoms. The zero-order valence-corrected chi connectivity index (χ0v) is 21.4. The molecule has 0 fully saturated rings. The van der Waals surface area contributed by atoms with E-state index < -0.39 is 0 Å². The molecule has 0 amide bonds. The van der Waals surface area contributed by atoms with Gasteiger partial charge in [-0.05, 0) is 24.8 Å². The summed E-state index contributed by atoms with van der Waals surface area (Å²) in [6.07, 6.45) is 28.3. The van der Waals surface area contributed by atoms with Crippen LogP contribution in [0.1, 0.15) is 128 Å². The minimum absolute atomic E-state index is 0.992. The molecule has 0 saturated heterocycles. The first kappa shape index (κ1) is 26.7. The molecule has 2 nitrogen and oxygen atoms in total. The van der Waals surface area contributed by atoms with Crippen molar-refractivity contribution in [3.8, 4) is 0 Å². The van der Waals surface area contributed by atoms with Crippen LogP contribution < -0.4 is 4.57 Å². The fourth-order valence-electron chi connectivity index (χ4n) is 4.72. The summed E-state index contributed by atoms with van der Waals surface area (Å²) in [6.45, 7) is 6.76. The molecular weight excluding hydrogens is 388 g/mol. The van der Waals surface area contributed by atoms with Gasteiger partial charge in [0, 0.05) is 6.42 Å². The van der Waals surface area contributed by atoms with E-state index in [1.165, 1.54) is 127 Å². The first-order valence-electron chi connectivity index (χ1n) is 14.0. The van der Waals surface area contributed by atoms with E-state index in [0.717, 1.165) is 6.54 Å². The molecule has 0 atom stereocenters. The first-order valence-corrected chi connectivity index (χ1v) is 14.0. The Hall–Kier alpha value is -1.57. The molecule has 0 radical (unpaired) electrons. The van der Waals surface area contributed by atoms with Gasteiger partial charge in [-0.3, -0.25) is 0 Å². The zero-order chi connectivity index (χ0) is 22.7. The SMILES string of the molecule is CCCCCCCCCCCCCCCC[n+]1ccn(Cc2ccccc2)c1CCCC. The minimum atomic E-state index is 0.992. The average Bonchev–Trinajstić information content (AvgIpc) is 3.19. The topological polar surface area (TPSA) is 8.81 Å². The second-order valence-electron chi connectivity index (χ2n) is 9.72. The number of unbranched alkanes of at least 4 members (excludes halogenated alkanes) is 14. The van der Waals surface area contributed by atoms with Crippen molar-refractivity contribution >= 4 is 0 Å². The summed E-state index contributed by atoms with van der Waals surface area (Å²) >= 11 is 0. The average molecular weight is 440 g/mol. The van der Waals surface area contributed by atoms with Crippen LogP contribution in [0.3, 0.4) is 0 Å². The number of rotatable bonds is 20. The molecule has 1 heterocycles. The van der Waals surface area contributed by atoms with Crippen molar-refractivity contribution in [1.82, 2.24) is 4.57 Å². The lowest BCUT2D eigenvalue weighted by Gasteiger charge is -2.06. The fraction of sp³-hybridized carbons (Fsp3) is 0.700. The summed E-state index contributed by atoms with van der Waals surface area (Å²) in [7, 11) is 0. The third kappa shape index (κ3) is 11.3. The molecule has 0 aliphatic rings. The number of imidazole rings is 1. The van der Waals surface area contributed by atoms with Crippen LogP contribution in [0.15, 0.2) is 42.7 Å². The van der Waals surface area contributed by atoms with Gasteiger partial charge in [-0.2, -0.15) is 0 Å². The minimum Gasteiger partial charge on any atom is -0.234 e. The van der Waals surface area contributed by atoms with Crippen molar-refractivity contribution in [2.24, 2.45) is 0 Å². The molecule has 32 heavy (non-hydrogen) atoms. The monoisotopic (exact) mass is 439 g/mol. The van der Waals surface area contributed by atoms with E-state index in [1.54, 1.807) is 0 Å². The van der Waals surface area contributed by atoms with Crippen LogP contribution in [-0.2, 0) is 19.5 Å². The van der Waals surface area contributed by atoms with Gasteiger partial charge in [-0.15, -0.1) is 0 Å². The van der Waals surface area contributed by atoms with Crippen molar-refractivity contribution in [3.05, 3.63) is 54.1 Å². The van der Waals surface area contributed by atoms with Gasteiger partial charge in [0.15, 0.2) is 0 Å². The maximum absolute atomic E-state index is 2.53. The molecular formula is C30H51N2+. The maximum atomic E-state index is 2.53. The van der Waals surface area contributed by atoms with Crippen LogP contribution in [0.5, 0.6) is 0 Å². The second-order valence-corrected chi connectivity index (χ2v) is 9.72. The largest absolute Gasteiger partial charge is 0.256 e. The van der Waals surface area contributed by atoms with Gasteiger partial charge in [0.25, 0.3) is 5.82 Å². The Bertz CT molecular complexity index is 673. The highest BCUT2D eigenvalue weighted by molar-refractivity contribution is 5.15. The Morgan fingerprint density at radius 2 is 1.16 bits per heavy atom. The quantitative estimate of drug-likeness (QED) is 0.144. The van der Waals surface area contributed by atoms with Crippen LogP contribution in [0.25, 0.3) is 0 Å². The molecule has 2 rings (SSSR count). The van der Waals surface area contributed by atoms with E-state index in [1.807, 2.05) is 0 Å². The number of nitrogens with zero attached hydrogens (tertiary/aromatic N) is 2. The van der Waals surface area contributed by atoms with Gasteiger partial charge >= 0.3 is 0 Å². The molecule has 2 heteroatoms. The van der Waals surface area contributed by atoms with Crippen LogP contribution in [-0.4, -0.2) is 4.57 Å². The van der Waals surface area contributed by atoms with Gasteiger partial charge in [0.2, 0.25) is 0 Å². The summed E-state index contributed by atoms with van der Waals surface area (Å²) in [5, 5.41) is 0. The number of benzene rings is 1. The number of aryl methyl sites for hydroxylation is 1. The van der Waals surface area contributed by atoms with E-state index in [0.29, 0.717) is 0 Å². The van der Waals surface area contributed by atoms with Crippen molar-refractivity contribution in [3.63, 3.8) is 0 Å². The predicted molar refractivity (Wildman–Crippen MR) is 139 cm³/mol. The van der Waals surface area contributed by atoms with Crippen LogP contribution >= 0.6 is 0 Å². The fourth-order valence-corrected chi connectivity index (χ4v) is 4.72. The molecule has 0 N–H and O–H groups in total. The van der Waals surface area contributed by atoms with Crippen molar-refractivity contribution in [2.75, 3.05) is 0 Å². The number of aromatic nitrogens is 2. The third-order valence-electron chi connectivity index (χ3n) is 6.79. The Morgan fingerprint density at radius 1 is 0.625 bits per heavy atom. The molecule has 1 aromatic carbocycles. The van der Waals surface area contributed by atoms with E-state index in [-0.39, 0.29) is 0 Å². The van der Waals surface area contributed by atoms with E-state index in [9.17, 15) is 0 Å². The summed E-state index contributed by atoms with van der Waals surface area (Å²) in [4.78, 5) is 0. The number of hydrogen-bond acceptors (Lipinski definition) is 0. The van der Waals surface area contributed by atoms with E-state index in [4.69, 9.17) is 0 Å². The van der Waals surface area contributed by atoms with Crippen molar-refractivity contribution in [1.29, 1.82) is 0 Å². The molecule has 0 bridgehead atoms. The Labute approximate surface area is 199 Å². The molecule has 0 aliphatic heterocycles. The Kier molecular flexibility index (Phi) is 14.9. The smallest absolute Gasteiger partial charge is 0.234 e. The molecule has 180 valence electrons. The lowest BCUT2D eigenvalue weighted by Crippen LogP contribution is -2.37. The first-order chi connectivity index (χ1) is 15.8. The summed E-state index contributed by atoms with van der Waals surface area (Å²) in [5.74, 6) is 1.50. The van der Waals surface area contributed by atoms with E-state index in [2.05, 4.69) is 65.7 Å². The maximum Gasteiger partial charge on any atom is 0.256 e. The Morgan fingerprint density at radius 3 is 1.72 bits per heavy atom. The van der Waals surface area contributed by atoms with Crippen LogP contribution in [0.4, 0.5) is 0 Å². The van der Waals surface area contributed by atoms with Crippen LogP contribution in [0, 0.1) is 0 Å². The lowest BCUT2D eigenvalue weighted by atomic mass is 10.0. The Balaban J connectivity index is 1.57. The third-order valence-corrected chi connectivity index (χ3v) is 6.79. The molecule has 0 unspecified atom stereocenters. The van der Waals surface area contributed by atoms with E-state index >= 15 is 0 Å². The van der Waals surface area contributed by atoms with Gasteiger partial charge < -0.3 is 0 Å². The molecule has 0 saturated carbocycles. The zero-order valence-electron chi connectivity index (χ0n) is 21.4. The normalized spacial score (nSPS) is 11.3. The standard InChI is InChI=1S/C30H51N2/c1-3-5-7-8-9-10-11-12-13-14-15-16-17-21-25-31-26-27-32(30(31)24-6-4-2)28-29-22-19-18-20-23-29/h18-20,22-23,26-27H,3-17,21,24-25,28H2,1-2H3/q+1. The van der Waals surface area contributed by atoms with Gasteiger partial charge in [0.05, 0.1) is 6.54 Å². The highest BCUT2D eigenvalue weighted by Gasteiger charge is 2.16. The summed E-state index contributed by atoms with van der Waals surface area (Å²) in [5.41, 5.74) is 1.39. The second kappa shape index (κ2) is 17.9. The van der Waals surface area contributed by atoms with Crippen molar-refractivity contribution < 1.29 is 4.57 Å². The highest BCUT2D eigenvalue weighted by Crippen LogP contribution is 2.13. The molecule has 1 aromatic heterocycles. The molecule has 2 aromatic rings. The van der Waals surface area contributed by atoms with Gasteiger partial charge in [0.1, 0.15) is 18.9 Å². The van der Waals surface area contributed by atoms with Crippen LogP contribution in [0.2, 0.25) is 0 Å².